The van der Waals surface area contributed by atoms with Gasteiger partial charge in [-0.15, -0.1) is 0 Å². The van der Waals surface area contributed by atoms with Crippen molar-refractivity contribution in [3.05, 3.63) is 59.7 Å². The smallest absolute Gasteiger partial charge is 0.0589 e. The van der Waals surface area contributed by atoms with Gasteiger partial charge in [0.05, 0.1) is 6.61 Å². The second kappa shape index (κ2) is 7.67. The maximum Gasteiger partial charge on any atom is 0.0589 e. The number of benzene rings is 2. The topological polar surface area (TPSA) is 64.5 Å². The fraction of sp³-hybridized carbons (Fsp3) is 0.294. The zero-order valence-corrected chi connectivity index (χ0v) is 12.5. The first-order valence-electron chi connectivity index (χ1n) is 7.07. The van der Waals surface area contributed by atoms with E-state index in [1.807, 2.05) is 24.3 Å². The molecule has 0 unspecified atom stereocenters. The van der Waals surface area contributed by atoms with Crippen LogP contribution in [-0.4, -0.2) is 25.2 Å². The van der Waals surface area contributed by atoms with Gasteiger partial charge in [0.15, 0.2) is 0 Å². The Bertz CT molecular complexity index is 489. The average Bonchev–Trinajstić information content (AvgIpc) is 2.49. The Morgan fingerprint density at radius 2 is 1.24 bits per heavy atom. The monoisotopic (exact) mass is 285 g/mol. The van der Waals surface area contributed by atoms with Gasteiger partial charge < -0.3 is 16.2 Å². The van der Waals surface area contributed by atoms with Gasteiger partial charge in [-0.2, -0.15) is 0 Å². The number of ether oxygens (including phenoxy) is 1. The van der Waals surface area contributed by atoms with Gasteiger partial charge in [0.2, 0.25) is 0 Å². The summed E-state index contributed by atoms with van der Waals surface area (Å²) in [6.07, 6.45) is 0. The van der Waals surface area contributed by atoms with Crippen molar-refractivity contribution in [1.29, 1.82) is 0 Å². The highest BCUT2D eigenvalue weighted by atomic mass is 16.5. The van der Waals surface area contributed by atoms with E-state index in [1.54, 1.807) is 7.11 Å². The van der Waals surface area contributed by atoms with E-state index in [0.717, 1.165) is 31.0 Å². The molecule has 0 amide bonds. The molecule has 0 bridgehead atoms. The molecule has 0 saturated carbocycles. The fourth-order valence-electron chi connectivity index (χ4n) is 2.20. The summed E-state index contributed by atoms with van der Waals surface area (Å²) in [5, 5.41) is 0. The lowest BCUT2D eigenvalue weighted by Crippen LogP contribution is -2.26. The van der Waals surface area contributed by atoms with Crippen molar-refractivity contribution in [2.24, 2.45) is 0 Å². The predicted octanol–water partition coefficient (Wildman–Crippen LogP) is 2.50. The molecule has 2 rings (SSSR count). The number of nitrogens with two attached hydrogens (primary N) is 2. The lowest BCUT2D eigenvalue weighted by molar-refractivity contribution is 0.140. The maximum atomic E-state index is 5.73. The summed E-state index contributed by atoms with van der Waals surface area (Å²) in [5.74, 6) is 0. The number of hydrogen-bond acceptors (Lipinski definition) is 4. The van der Waals surface area contributed by atoms with Crippen LogP contribution in [0.2, 0.25) is 0 Å². The van der Waals surface area contributed by atoms with E-state index >= 15 is 0 Å². The molecule has 0 spiro atoms. The minimum absolute atomic E-state index is 0.712. The van der Waals surface area contributed by atoms with E-state index in [9.17, 15) is 0 Å². The third-order valence-electron chi connectivity index (χ3n) is 3.38. The van der Waals surface area contributed by atoms with Crippen LogP contribution in [0.5, 0.6) is 0 Å². The molecule has 0 fully saturated rings. The molecule has 0 aliphatic carbocycles. The normalized spacial score (nSPS) is 11.0. The van der Waals surface area contributed by atoms with Crippen molar-refractivity contribution in [3.8, 4) is 0 Å². The summed E-state index contributed by atoms with van der Waals surface area (Å²) in [6, 6.07) is 16.0. The molecule has 0 saturated heterocycles. The van der Waals surface area contributed by atoms with Crippen molar-refractivity contribution in [2.45, 2.75) is 13.1 Å². The van der Waals surface area contributed by atoms with Crippen LogP contribution in [0.4, 0.5) is 11.4 Å². The summed E-state index contributed by atoms with van der Waals surface area (Å²) in [7, 11) is 1.73. The number of rotatable bonds is 7. The molecule has 4 N–H and O–H groups in total. The van der Waals surface area contributed by atoms with Crippen LogP contribution in [0.25, 0.3) is 0 Å². The lowest BCUT2D eigenvalue weighted by atomic mass is 10.1. The summed E-state index contributed by atoms with van der Waals surface area (Å²) < 4.78 is 5.20. The molecule has 21 heavy (non-hydrogen) atoms. The lowest BCUT2D eigenvalue weighted by Gasteiger charge is -2.22. The predicted molar refractivity (Wildman–Crippen MR) is 87.7 cm³/mol. The van der Waals surface area contributed by atoms with Crippen LogP contribution in [0.1, 0.15) is 11.1 Å². The Labute approximate surface area is 126 Å². The molecule has 0 radical (unpaired) electrons. The molecule has 0 aliphatic rings. The van der Waals surface area contributed by atoms with Gasteiger partial charge in [0.25, 0.3) is 0 Å². The first-order valence-corrected chi connectivity index (χ1v) is 7.07. The molecule has 0 aromatic heterocycles. The fourth-order valence-corrected chi connectivity index (χ4v) is 2.20. The third-order valence-corrected chi connectivity index (χ3v) is 3.38. The first kappa shape index (κ1) is 15.4. The van der Waals surface area contributed by atoms with Gasteiger partial charge >= 0.3 is 0 Å². The van der Waals surface area contributed by atoms with Crippen LogP contribution in [0.3, 0.4) is 0 Å². The van der Waals surface area contributed by atoms with Gasteiger partial charge in [0, 0.05) is 38.1 Å². The van der Waals surface area contributed by atoms with Crippen LogP contribution >= 0.6 is 0 Å². The number of nitrogen functional groups attached to an aromatic ring is 2. The standard InChI is InChI=1S/C17H23N3O/c1-21-11-10-20(12-14-2-6-16(18)7-3-14)13-15-4-8-17(19)9-5-15/h2-9H,10-13,18-19H2,1H3. The largest absolute Gasteiger partial charge is 0.399 e. The highest BCUT2D eigenvalue weighted by Crippen LogP contribution is 2.13. The zero-order valence-electron chi connectivity index (χ0n) is 12.5. The van der Waals surface area contributed by atoms with E-state index in [-0.39, 0.29) is 0 Å². The molecular formula is C17H23N3O. The van der Waals surface area contributed by atoms with Gasteiger partial charge in [-0.1, -0.05) is 24.3 Å². The van der Waals surface area contributed by atoms with Crippen LogP contribution in [0.15, 0.2) is 48.5 Å². The number of anilines is 2. The number of nitrogens with zero attached hydrogens (tertiary/aromatic N) is 1. The highest BCUT2D eigenvalue weighted by molar-refractivity contribution is 5.40. The summed E-state index contributed by atoms with van der Waals surface area (Å²) in [5.41, 5.74) is 15.5. The van der Waals surface area contributed by atoms with E-state index in [0.29, 0.717) is 6.61 Å². The minimum Gasteiger partial charge on any atom is -0.399 e. The quantitative estimate of drug-likeness (QED) is 0.767. The van der Waals surface area contributed by atoms with Crippen LogP contribution in [0, 0.1) is 0 Å². The maximum absolute atomic E-state index is 5.73. The Balaban J connectivity index is 2.02. The van der Waals surface area contributed by atoms with Crippen LogP contribution < -0.4 is 11.5 Å². The first-order chi connectivity index (χ1) is 10.2. The summed E-state index contributed by atoms with van der Waals surface area (Å²) >= 11 is 0. The third kappa shape index (κ3) is 5.10. The Morgan fingerprint density at radius 3 is 1.62 bits per heavy atom. The van der Waals surface area contributed by atoms with Crippen LogP contribution in [-0.2, 0) is 17.8 Å². The van der Waals surface area contributed by atoms with E-state index in [2.05, 4.69) is 29.2 Å². The second-order valence-corrected chi connectivity index (χ2v) is 5.19. The molecule has 112 valence electrons. The Hall–Kier alpha value is -2.04. The number of hydrogen-bond donors (Lipinski definition) is 2. The second-order valence-electron chi connectivity index (χ2n) is 5.19. The molecule has 0 atom stereocenters. The Kier molecular flexibility index (Phi) is 5.60. The molecule has 2 aromatic carbocycles. The molecule has 4 nitrogen and oxygen atoms in total. The van der Waals surface area contributed by atoms with Gasteiger partial charge in [-0.05, 0) is 35.4 Å². The molecule has 2 aromatic rings. The van der Waals surface area contributed by atoms with Gasteiger partial charge in [-0.25, -0.2) is 0 Å². The van der Waals surface area contributed by atoms with Crippen molar-refractivity contribution in [2.75, 3.05) is 31.7 Å². The molecule has 0 aliphatic heterocycles. The molecular weight excluding hydrogens is 262 g/mol. The molecule has 4 heteroatoms. The minimum atomic E-state index is 0.712. The van der Waals surface area contributed by atoms with Crippen molar-refractivity contribution in [3.63, 3.8) is 0 Å². The van der Waals surface area contributed by atoms with Crippen molar-refractivity contribution in [1.82, 2.24) is 4.90 Å². The van der Waals surface area contributed by atoms with Gasteiger partial charge in [0.1, 0.15) is 0 Å². The number of methoxy groups -OCH3 is 1. The van der Waals surface area contributed by atoms with E-state index in [1.165, 1.54) is 11.1 Å². The van der Waals surface area contributed by atoms with Crippen molar-refractivity contribution < 1.29 is 4.74 Å². The van der Waals surface area contributed by atoms with E-state index in [4.69, 9.17) is 16.2 Å². The molecule has 0 heterocycles. The SMILES string of the molecule is COCCN(Cc1ccc(N)cc1)Cc1ccc(N)cc1. The average molecular weight is 285 g/mol. The van der Waals surface area contributed by atoms with E-state index < -0.39 is 0 Å². The summed E-state index contributed by atoms with van der Waals surface area (Å²) in [4.78, 5) is 2.35. The highest BCUT2D eigenvalue weighted by Gasteiger charge is 2.07. The zero-order chi connectivity index (χ0) is 15.1. The van der Waals surface area contributed by atoms with Crippen molar-refractivity contribution >= 4 is 11.4 Å². The summed E-state index contributed by atoms with van der Waals surface area (Å²) in [6.45, 7) is 3.33. The Morgan fingerprint density at radius 1 is 0.810 bits per heavy atom. The van der Waals surface area contributed by atoms with Gasteiger partial charge in [-0.3, -0.25) is 4.90 Å².